The summed E-state index contributed by atoms with van der Waals surface area (Å²) in [7, 11) is 0. The van der Waals surface area contributed by atoms with Crippen LogP contribution in [-0.2, 0) is 29.0 Å². The van der Waals surface area contributed by atoms with Crippen molar-refractivity contribution >= 4 is 35.0 Å². The zero-order valence-electron chi connectivity index (χ0n) is 21.8. The van der Waals surface area contributed by atoms with Crippen molar-refractivity contribution in [3.05, 3.63) is 70.5 Å². The Balaban J connectivity index is 0.000000386. The molecular formula is C29H34ClN5O4. The van der Waals surface area contributed by atoms with Gasteiger partial charge in [0.15, 0.2) is 0 Å². The molecule has 39 heavy (non-hydrogen) atoms. The third-order valence-electron chi connectivity index (χ3n) is 6.69. The summed E-state index contributed by atoms with van der Waals surface area (Å²) in [6.07, 6.45) is 5.75. The Labute approximate surface area is 233 Å². The van der Waals surface area contributed by atoms with Crippen molar-refractivity contribution in [2.24, 2.45) is 5.92 Å². The van der Waals surface area contributed by atoms with Gasteiger partial charge in [0.2, 0.25) is 0 Å². The minimum Gasteiger partial charge on any atom is -0.481 e. The second-order valence-electron chi connectivity index (χ2n) is 9.76. The van der Waals surface area contributed by atoms with Gasteiger partial charge in [-0.2, -0.15) is 0 Å². The van der Waals surface area contributed by atoms with Crippen LogP contribution in [0.1, 0.15) is 42.4 Å². The van der Waals surface area contributed by atoms with Gasteiger partial charge in [0.1, 0.15) is 12.1 Å². The molecule has 0 spiro atoms. The molecule has 2 aromatic carbocycles. The number of carboxylic acid groups (broad SMARTS) is 2. The molecule has 2 aliphatic rings. The van der Waals surface area contributed by atoms with E-state index >= 15 is 0 Å². The predicted molar refractivity (Wildman–Crippen MR) is 152 cm³/mol. The summed E-state index contributed by atoms with van der Waals surface area (Å²) in [5, 5.41) is 27.1. The Hall–Kier alpha value is -3.69. The van der Waals surface area contributed by atoms with Crippen molar-refractivity contribution in [2.45, 2.75) is 45.1 Å². The molecule has 5 rings (SSSR count). The van der Waals surface area contributed by atoms with Gasteiger partial charge in [0, 0.05) is 24.7 Å². The van der Waals surface area contributed by atoms with Crippen LogP contribution in [0.15, 0.2) is 48.8 Å². The molecule has 3 aromatic rings. The zero-order valence-corrected chi connectivity index (χ0v) is 22.5. The molecular weight excluding hydrogens is 518 g/mol. The smallest absolute Gasteiger partial charge is 0.303 e. The lowest BCUT2D eigenvalue weighted by Crippen LogP contribution is -2.16. The minimum absolute atomic E-state index is 0.296. The molecule has 0 amide bonds. The fourth-order valence-corrected chi connectivity index (χ4v) is 4.56. The molecule has 0 atom stereocenters. The molecule has 1 saturated carbocycles. The van der Waals surface area contributed by atoms with Crippen molar-refractivity contribution in [3.8, 4) is 11.3 Å². The number of aliphatic carboxylic acids is 2. The highest BCUT2D eigenvalue weighted by Gasteiger charge is 2.20. The van der Waals surface area contributed by atoms with Crippen molar-refractivity contribution in [1.29, 1.82) is 0 Å². The van der Waals surface area contributed by atoms with E-state index in [1.165, 1.54) is 29.5 Å². The third kappa shape index (κ3) is 8.94. The van der Waals surface area contributed by atoms with Crippen molar-refractivity contribution in [1.82, 2.24) is 15.3 Å². The number of aromatic nitrogens is 2. The van der Waals surface area contributed by atoms with Gasteiger partial charge >= 0.3 is 11.9 Å². The minimum atomic E-state index is -1.08. The third-order valence-corrected chi connectivity index (χ3v) is 7.00. The first-order chi connectivity index (χ1) is 18.9. The first-order valence-electron chi connectivity index (χ1n) is 13.2. The van der Waals surface area contributed by atoms with E-state index in [1.807, 2.05) is 12.1 Å². The second kappa shape index (κ2) is 13.9. The van der Waals surface area contributed by atoms with Crippen LogP contribution >= 0.6 is 11.6 Å². The number of benzene rings is 2. The van der Waals surface area contributed by atoms with Crippen molar-refractivity contribution in [3.63, 3.8) is 0 Å². The number of nitrogens with zero attached hydrogens (tertiary/aromatic N) is 2. The molecule has 1 aliphatic carbocycles. The summed E-state index contributed by atoms with van der Waals surface area (Å²) in [5.74, 6) is -0.439. The van der Waals surface area contributed by atoms with E-state index in [1.54, 1.807) is 6.33 Å². The molecule has 1 aliphatic heterocycles. The van der Waals surface area contributed by atoms with Gasteiger partial charge in [-0.15, -0.1) is 0 Å². The molecule has 9 nitrogen and oxygen atoms in total. The van der Waals surface area contributed by atoms with Gasteiger partial charge in [-0.1, -0.05) is 41.9 Å². The van der Waals surface area contributed by atoms with Gasteiger partial charge in [-0.05, 0) is 67.4 Å². The Kier molecular flexibility index (Phi) is 10.1. The Morgan fingerprint density at radius 2 is 1.67 bits per heavy atom. The maximum absolute atomic E-state index is 9.64. The normalized spacial score (nSPS) is 14.3. The highest BCUT2D eigenvalue weighted by molar-refractivity contribution is 6.33. The van der Waals surface area contributed by atoms with Crippen LogP contribution in [0.2, 0.25) is 5.02 Å². The number of rotatable bonds is 10. The topological polar surface area (TPSA) is 136 Å². The van der Waals surface area contributed by atoms with Crippen molar-refractivity contribution < 1.29 is 19.8 Å². The Morgan fingerprint density at radius 1 is 0.949 bits per heavy atom. The monoisotopic (exact) mass is 551 g/mol. The van der Waals surface area contributed by atoms with Gasteiger partial charge in [-0.3, -0.25) is 9.59 Å². The van der Waals surface area contributed by atoms with Crippen LogP contribution in [0.4, 0.5) is 11.5 Å². The number of halogens is 1. The molecule has 1 aromatic heterocycles. The number of hydrogen-bond donors (Lipinski definition) is 5. The van der Waals surface area contributed by atoms with Crippen LogP contribution in [0.5, 0.6) is 0 Å². The van der Waals surface area contributed by atoms with Gasteiger partial charge in [0.05, 0.1) is 29.2 Å². The average Bonchev–Trinajstić information content (AvgIpc) is 3.78. The van der Waals surface area contributed by atoms with E-state index in [2.05, 4.69) is 56.3 Å². The first kappa shape index (κ1) is 28.3. The standard InChI is InChI=1S/C25H28ClN5.C4H6O4/c26-22-8-7-19-9-11-27-12-10-21(19)25(22)29-15-18-3-5-20(6-4-18)23-13-24(31-16-30-23)28-14-17-1-2-17;5-3(6)1-2-4(7)8/h3-8,13,16-17,27,29H,1-2,9-12,14-15H2,(H,28,30,31);1-2H2,(H,5,6)(H,7,8). The fraction of sp³-hybridized carbons (Fsp3) is 0.379. The molecule has 1 fully saturated rings. The SMILES string of the molecule is Clc1ccc2c(c1NCc1ccc(-c3cc(NCC4CC4)ncn3)cc1)CCNCC2.O=C(O)CCC(=O)O. The summed E-state index contributed by atoms with van der Waals surface area (Å²) in [6, 6.07) is 14.8. The number of fused-ring (bicyclic) bond motifs is 1. The van der Waals surface area contributed by atoms with E-state index in [-0.39, 0.29) is 12.8 Å². The average molecular weight is 552 g/mol. The molecule has 0 saturated heterocycles. The van der Waals surface area contributed by atoms with Crippen LogP contribution in [0.25, 0.3) is 11.3 Å². The molecule has 10 heteroatoms. The Morgan fingerprint density at radius 3 is 2.36 bits per heavy atom. The van der Waals surface area contributed by atoms with Crippen LogP contribution in [0.3, 0.4) is 0 Å². The zero-order chi connectivity index (χ0) is 27.6. The van der Waals surface area contributed by atoms with Crippen LogP contribution in [0, 0.1) is 5.92 Å². The Bertz CT molecular complexity index is 1270. The quantitative estimate of drug-likeness (QED) is 0.239. The van der Waals surface area contributed by atoms with Crippen LogP contribution < -0.4 is 16.0 Å². The van der Waals surface area contributed by atoms with E-state index in [0.29, 0.717) is 0 Å². The number of carbonyl (C=O) groups is 2. The summed E-state index contributed by atoms with van der Waals surface area (Å²) >= 11 is 6.55. The highest BCUT2D eigenvalue weighted by Crippen LogP contribution is 2.31. The molecule has 0 unspecified atom stereocenters. The molecule has 0 radical (unpaired) electrons. The fourth-order valence-electron chi connectivity index (χ4n) is 4.32. The van der Waals surface area contributed by atoms with E-state index < -0.39 is 11.9 Å². The van der Waals surface area contributed by atoms with Gasteiger partial charge in [-0.25, -0.2) is 9.97 Å². The largest absolute Gasteiger partial charge is 0.481 e. The molecule has 206 valence electrons. The maximum Gasteiger partial charge on any atom is 0.303 e. The van der Waals surface area contributed by atoms with E-state index in [4.69, 9.17) is 21.8 Å². The lowest BCUT2D eigenvalue weighted by molar-refractivity contribution is -0.143. The summed E-state index contributed by atoms with van der Waals surface area (Å²) < 4.78 is 0. The van der Waals surface area contributed by atoms with E-state index in [9.17, 15) is 9.59 Å². The van der Waals surface area contributed by atoms with Crippen molar-refractivity contribution in [2.75, 3.05) is 30.3 Å². The van der Waals surface area contributed by atoms with Gasteiger partial charge < -0.3 is 26.2 Å². The predicted octanol–water partition coefficient (Wildman–Crippen LogP) is 4.86. The molecule has 0 bridgehead atoms. The number of carboxylic acids is 2. The van der Waals surface area contributed by atoms with Gasteiger partial charge in [0.25, 0.3) is 0 Å². The summed E-state index contributed by atoms with van der Waals surface area (Å²) in [5.41, 5.74) is 7.07. The number of anilines is 2. The molecule has 2 heterocycles. The van der Waals surface area contributed by atoms with E-state index in [0.717, 1.165) is 72.7 Å². The second-order valence-corrected chi connectivity index (χ2v) is 10.2. The lowest BCUT2D eigenvalue weighted by atomic mass is 10.0. The highest BCUT2D eigenvalue weighted by atomic mass is 35.5. The number of nitrogens with one attached hydrogen (secondary N) is 3. The lowest BCUT2D eigenvalue weighted by Gasteiger charge is -2.16. The summed E-state index contributed by atoms with van der Waals surface area (Å²) in [6.45, 7) is 3.76. The van der Waals surface area contributed by atoms with Crippen LogP contribution in [-0.4, -0.2) is 51.8 Å². The first-order valence-corrected chi connectivity index (χ1v) is 13.6. The maximum atomic E-state index is 9.64. The molecule has 5 N–H and O–H groups in total. The number of hydrogen-bond acceptors (Lipinski definition) is 7. The summed E-state index contributed by atoms with van der Waals surface area (Å²) in [4.78, 5) is 28.1.